The zero-order valence-corrected chi connectivity index (χ0v) is 13.9. The zero-order chi connectivity index (χ0) is 15.9. The molecule has 1 aromatic heterocycles. The Bertz CT molecular complexity index is 693. The molecule has 2 atom stereocenters. The quantitative estimate of drug-likeness (QED) is 0.856. The molecule has 0 spiro atoms. The monoisotopic (exact) mass is 336 g/mol. The van der Waals surface area contributed by atoms with Gasteiger partial charge in [0.05, 0.1) is 22.5 Å². The van der Waals surface area contributed by atoms with Gasteiger partial charge >= 0.3 is 5.97 Å². The molecule has 0 unspecified atom stereocenters. The van der Waals surface area contributed by atoms with Crippen LogP contribution in [0.2, 0.25) is 0 Å². The lowest BCUT2D eigenvalue weighted by atomic mass is 9.93. The van der Waals surface area contributed by atoms with Crippen molar-refractivity contribution < 1.29 is 14.7 Å². The van der Waals surface area contributed by atoms with Crippen LogP contribution in [0.5, 0.6) is 0 Å². The number of amides is 1. The number of rotatable bonds is 4. The van der Waals surface area contributed by atoms with Crippen molar-refractivity contribution in [3.8, 4) is 0 Å². The van der Waals surface area contributed by atoms with E-state index in [-0.39, 0.29) is 22.9 Å². The number of aromatic nitrogens is 1. The first-order valence-electron chi connectivity index (χ1n) is 7.03. The summed E-state index contributed by atoms with van der Waals surface area (Å²) in [6, 6.07) is 0. The molecule has 1 N–H and O–H groups in total. The average Bonchev–Trinajstić information content (AvgIpc) is 2.90. The average molecular weight is 336 g/mol. The van der Waals surface area contributed by atoms with Crippen LogP contribution in [0.1, 0.15) is 23.9 Å². The van der Waals surface area contributed by atoms with Crippen molar-refractivity contribution in [3.63, 3.8) is 0 Å². The molecule has 3 rings (SSSR count). The molecule has 1 amide bonds. The molecule has 0 aliphatic carbocycles. The van der Waals surface area contributed by atoms with Crippen molar-refractivity contribution in [2.75, 3.05) is 5.75 Å². The predicted octanol–water partition coefficient (Wildman–Crippen LogP) is 2.74. The molecule has 0 radical (unpaired) electrons. The Hall–Kier alpha value is -1.60. The summed E-state index contributed by atoms with van der Waals surface area (Å²) in [5, 5.41) is 9.49. The molecule has 2 aliphatic heterocycles. The van der Waals surface area contributed by atoms with E-state index in [0.29, 0.717) is 11.3 Å². The van der Waals surface area contributed by atoms with Gasteiger partial charge in [-0.3, -0.25) is 9.69 Å². The van der Waals surface area contributed by atoms with Crippen molar-refractivity contribution in [1.82, 2.24) is 9.88 Å². The van der Waals surface area contributed by atoms with E-state index >= 15 is 0 Å². The van der Waals surface area contributed by atoms with E-state index in [1.807, 2.05) is 19.9 Å². The molecule has 0 saturated carbocycles. The summed E-state index contributed by atoms with van der Waals surface area (Å²) in [4.78, 5) is 30.4. The van der Waals surface area contributed by atoms with Gasteiger partial charge < -0.3 is 5.11 Å². The van der Waals surface area contributed by atoms with Gasteiger partial charge in [0.2, 0.25) is 5.91 Å². The van der Waals surface area contributed by atoms with Crippen molar-refractivity contribution >= 4 is 41.1 Å². The third kappa shape index (κ3) is 2.38. The first-order chi connectivity index (χ1) is 10.5. The molecule has 3 heterocycles. The summed E-state index contributed by atoms with van der Waals surface area (Å²) in [6.45, 7) is 3.88. The largest absolute Gasteiger partial charge is 0.477 e. The Morgan fingerprint density at radius 2 is 2.32 bits per heavy atom. The molecule has 2 aliphatic rings. The minimum atomic E-state index is -1.03. The molecular formula is C15H16N2O3S2. The van der Waals surface area contributed by atoms with Gasteiger partial charge in [-0.1, -0.05) is 13.0 Å². The number of carbonyl (C=O) groups excluding carboxylic acids is 1. The minimum absolute atomic E-state index is 0.0223. The number of thiazole rings is 1. The molecule has 1 fully saturated rings. The number of nitrogens with zero attached hydrogens (tertiary/aromatic N) is 2. The number of hydrogen-bond donors (Lipinski definition) is 1. The molecule has 0 aromatic carbocycles. The van der Waals surface area contributed by atoms with Crippen LogP contribution < -0.4 is 0 Å². The third-order valence-corrected chi connectivity index (χ3v) is 6.22. The highest BCUT2D eigenvalue weighted by molar-refractivity contribution is 8.00. The fourth-order valence-electron chi connectivity index (χ4n) is 2.74. The molecule has 22 heavy (non-hydrogen) atoms. The first kappa shape index (κ1) is 15.3. The molecule has 1 saturated heterocycles. The Labute approximate surface area is 136 Å². The second kappa shape index (κ2) is 5.89. The highest BCUT2D eigenvalue weighted by Gasteiger charge is 2.52. The van der Waals surface area contributed by atoms with Gasteiger partial charge in [0.25, 0.3) is 0 Å². The Morgan fingerprint density at radius 1 is 1.55 bits per heavy atom. The highest BCUT2D eigenvalue weighted by atomic mass is 32.2. The van der Waals surface area contributed by atoms with Gasteiger partial charge in [0.1, 0.15) is 5.70 Å². The summed E-state index contributed by atoms with van der Waals surface area (Å²) in [5.74, 6) is -0.541. The highest BCUT2D eigenvalue weighted by Crippen LogP contribution is 2.45. The van der Waals surface area contributed by atoms with E-state index in [1.54, 1.807) is 23.3 Å². The van der Waals surface area contributed by atoms with Crippen molar-refractivity contribution in [1.29, 1.82) is 0 Å². The number of thioether (sulfide) groups is 1. The molecule has 5 nitrogen and oxygen atoms in total. The van der Waals surface area contributed by atoms with Gasteiger partial charge in [-0.05, 0) is 25.0 Å². The summed E-state index contributed by atoms with van der Waals surface area (Å²) >= 11 is 3.15. The lowest BCUT2D eigenvalue weighted by molar-refractivity contribution is -0.152. The van der Waals surface area contributed by atoms with Crippen molar-refractivity contribution in [2.24, 2.45) is 5.92 Å². The van der Waals surface area contributed by atoms with E-state index in [0.717, 1.165) is 17.0 Å². The number of aliphatic carboxylic acids is 1. The summed E-state index contributed by atoms with van der Waals surface area (Å²) in [5.41, 5.74) is 3.50. The normalized spacial score (nSPS) is 24.6. The van der Waals surface area contributed by atoms with Crippen LogP contribution >= 0.6 is 23.1 Å². The number of hydrogen-bond acceptors (Lipinski definition) is 5. The number of carboxylic acids is 1. The van der Waals surface area contributed by atoms with Gasteiger partial charge in [-0.25, -0.2) is 9.78 Å². The first-order valence-corrected chi connectivity index (χ1v) is 8.96. The van der Waals surface area contributed by atoms with Crippen LogP contribution in [0.25, 0.3) is 6.08 Å². The van der Waals surface area contributed by atoms with Crippen LogP contribution in [0.15, 0.2) is 22.9 Å². The topological polar surface area (TPSA) is 70.5 Å². The van der Waals surface area contributed by atoms with Gasteiger partial charge in [0.15, 0.2) is 0 Å². The molecular weight excluding hydrogens is 320 g/mol. The second-order valence-electron chi connectivity index (χ2n) is 5.24. The standard InChI is InChI=1S/C15H16N2O3S2/c1-3-10-13(18)17-12(15(19)20)9(6-21-14(10)17)4-5-11-8(2)16-7-22-11/h4-5,7,10,14H,3,6H2,1-2H3,(H,19,20)/b5-4-/t10-,14-/m1/s1. The number of allylic oxidation sites excluding steroid dienone is 1. The Balaban J connectivity index is 1.93. The SMILES string of the molecule is CC[C@@H]1C(=O)N2C(C(=O)O)=C(/C=C\c3scnc3C)CS[C@H]12. The van der Waals surface area contributed by atoms with Gasteiger partial charge in [-0.2, -0.15) is 0 Å². The van der Waals surface area contributed by atoms with Gasteiger partial charge in [-0.15, -0.1) is 23.1 Å². The van der Waals surface area contributed by atoms with Crippen LogP contribution in [-0.4, -0.2) is 38.0 Å². The summed E-state index contributed by atoms with van der Waals surface area (Å²) in [6.07, 6.45) is 4.44. The van der Waals surface area contributed by atoms with Crippen LogP contribution in [0.4, 0.5) is 0 Å². The number of aryl methyl sites for hydroxylation is 1. The van der Waals surface area contributed by atoms with E-state index in [9.17, 15) is 14.7 Å². The van der Waals surface area contributed by atoms with E-state index in [4.69, 9.17) is 0 Å². The lowest BCUT2D eigenvalue weighted by Gasteiger charge is -2.49. The maximum Gasteiger partial charge on any atom is 0.352 e. The van der Waals surface area contributed by atoms with Gasteiger partial charge in [0, 0.05) is 10.6 Å². The predicted molar refractivity (Wildman–Crippen MR) is 87.4 cm³/mol. The maximum absolute atomic E-state index is 12.2. The van der Waals surface area contributed by atoms with E-state index < -0.39 is 5.97 Å². The Kier molecular flexibility index (Phi) is 4.10. The fraction of sp³-hybridized carbons (Fsp3) is 0.400. The Morgan fingerprint density at radius 3 is 2.91 bits per heavy atom. The van der Waals surface area contributed by atoms with Crippen molar-refractivity contribution in [3.05, 3.63) is 33.4 Å². The molecule has 116 valence electrons. The summed E-state index contributed by atoms with van der Waals surface area (Å²) in [7, 11) is 0. The number of fused-ring (bicyclic) bond motifs is 1. The van der Waals surface area contributed by atoms with E-state index in [2.05, 4.69) is 4.98 Å². The van der Waals surface area contributed by atoms with Crippen molar-refractivity contribution in [2.45, 2.75) is 25.6 Å². The van der Waals surface area contributed by atoms with Crippen LogP contribution in [0.3, 0.4) is 0 Å². The third-order valence-electron chi connectivity index (χ3n) is 3.97. The zero-order valence-electron chi connectivity index (χ0n) is 12.3. The van der Waals surface area contributed by atoms with Crippen LogP contribution in [0, 0.1) is 12.8 Å². The number of carbonyl (C=O) groups is 2. The number of carboxylic acid groups (broad SMARTS) is 1. The summed E-state index contributed by atoms with van der Waals surface area (Å²) < 4.78 is 0. The fourth-order valence-corrected chi connectivity index (χ4v) is 4.92. The minimum Gasteiger partial charge on any atom is -0.477 e. The lowest BCUT2D eigenvalue weighted by Crippen LogP contribution is -2.61. The van der Waals surface area contributed by atoms with E-state index in [1.165, 1.54) is 16.2 Å². The number of β-lactam (4-membered cyclic amide) rings is 1. The maximum atomic E-state index is 12.2. The molecule has 7 heteroatoms. The second-order valence-corrected chi connectivity index (χ2v) is 7.23. The molecule has 1 aromatic rings. The van der Waals surface area contributed by atoms with Crippen LogP contribution in [-0.2, 0) is 9.59 Å². The smallest absolute Gasteiger partial charge is 0.352 e. The molecule has 0 bridgehead atoms.